The van der Waals surface area contributed by atoms with E-state index in [1.54, 1.807) is 18.7 Å². The lowest BCUT2D eigenvalue weighted by Gasteiger charge is -2.03. The van der Waals surface area contributed by atoms with Gasteiger partial charge in [0, 0.05) is 22.8 Å². The number of carbonyl (C=O) groups is 1. The van der Waals surface area contributed by atoms with Gasteiger partial charge in [0.05, 0.1) is 6.61 Å². The molecule has 1 aromatic rings. The van der Waals surface area contributed by atoms with Gasteiger partial charge in [0.15, 0.2) is 5.78 Å². The molecule has 0 aromatic heterocycles. The molecule has 0 N–H and O–H groups in total. The van der Waals surface area contributed by atoms with Crippen molar-refractivity contribution in [2.24, 2.45) is 0 Å². The van der Waals surface area contributed by atoms with Gasteiger partial charge in [-0.25, -0.2) is 0 Å². The summed E-state index contributed by atoms with van der Waals surface area (Å²) >= 11 is 1.71. The van der Waals surface area contributed by atoms with Crippen molar-refractivity contribution in [2.75, 3.05) is 19.0 Å². The highest BCUT2D eigenvalue weighted by molar-refractivity contribution is 7.99. The van der Waals surface area contributed by atoms with Gasteiger partial charge in [0.2, 0.25) is 0 Å². The van der Waals surface area contributed by atoms with Gasteiger partial charge in [0.25, 0.3) is 0 Å². The first-order valence-corrected chi connectivity index (χ1v) is 6.04. The Balaban J connectivity index is 2.47. The topological polar surface area (TPSA) is 26.3 Å². The van der Waals surface area contributed by atoms with E-state index in [9.17, 15) is 4.79 Å². The minimum absolute atomic E-state index is 0.113. The molecule has 0 atom stereocenters. The first-order valence-electron chi connectivity index (χ1n) is 5.05. The molecule has 82 valence electrons. The quantitative estimate of drug-likeness (QED) is 0.422. The van der Waals surface area contributed by atoms with Gasteiger partial charge in [-0.3, -0.25) is 4.79 Å². The molecule has 15 heavy (non-hydrogen) atoms. The fourth-order valence-electron chi connectivity index (χ4n) is 1.17. The van der Waals surface area contributed by atoms with Crippen LogP contribution in [0.1, 0.15) is 24.2 Å². The third-order valence-corrected chi connectivity index (χ3v) is 2.90. The van der Waals surface area contributed by atoms with Crippen molar-refractivity contribution in [1.82, 2.24) is 0 Å². The number of Topliss-reactive ketones (excluding diaryl/α,β-unsaturated/α-hetero) is 1. The van der Waals surface area contributed by atoms with Crippen molar-refractivity contribution in [3.8, 4) is 0 Å². The van der Waals surface area contributed by atoms with Gasteiger partial charge in [-0.1, -0.05) is 12.1 Å². The van der Waals surface area contributed by atoms with Crippen LogP contribution < -0.4 is 0 Å². The SMILES string of the molecule is CCOCCSc1cccc(C(C)=O)c1. The molecule has 0 aliphatic rings. The molecular weight excluding hydrogens is 208 g/mol. The molecular formula is C12H16O2S. The highest BCUT2D eigenvalue weighted by Gasteiger charge is 2.00. The summed E-state index contributed by atoms with van der Waals surface area (Å²) in [5, 5.41) is 0. The zero-order chi connectivity index (χ0) is 11.1. The molecule has 0 saturated carbocycles. The monoisotopic (exact) mass is 224 g/mol. The van der Waals surface area contributed by atoms with Gasteiger partial charge >= 0.3 is 0 Å². The van der Waals surface area contributed by atoms with Gasteiger partial charge in [-0.2, -0.15) is 0 Å². The third-order valence-electron chi connectivity index (χ3n) is 1.94. The Kier molecular flexibility index (Phi) is 5.43. The minimum Gasteiger partial charge on any atom is -0.381 e. The van der Waals surface area contributed by atoms with Crippen molar-refractivity contribution < 1.29 is 9.53 Å². The predicted molar refractivity (Wildman–Crippen MR) is 63.7 cm³/mol. The molecule has 0 unspecified atom stereocenters. The molecule has 0 aliphatic carbocycles. The van der Waals surface area contributed by atoms with Crippen LogP contribution in [0.15, 0.2) is 29.2 Å². The first kappa shape index (κ1) is 12.3. The molecule has 1 aromatic carbocycles. The largest absolute Gasteiger partial charge is 0.381 e. The standard InChI is InChI=1S/C12H16O2S/c1-3-14-7-8-15-12-6-4-5-11(9-12)10(2)13/h4-6,9H,3,7-8H2,1-2H3. The normalized spacial score (nSPS) is 10.3. The fourth-order valence-corrected chi connectivity index (χ4v) is 1.99. The van der Waals surface area contributed by atoms with Crippen LogP contribution in [0.2, 0.25) is 0 Å². The Morgan fingerprint density at radius 3 is 2.93 bits per heavy atom. The van der Waals surface area contributed by atoms with Crippen molar-refractivity contribution >= 4 is 17.5 Å². The summed E-state index contributed by atoms with van der Waals surface area (Å²) in [6.07, 6.45) is 0. The number of rotatable bonds is 6. The van der Waals surface area contributed by atoms with Gasteiger partial charge < -0.3 is 4.74 Å². The molecule has 2 nitrogen and oxygen atoms in total. The summed E-state index contributed by atoms with van der Waals surface area (Å²) in [6.45, 7) is 5.09. The summed E-state index contributed by atoms with van der Waals surface area (Å²) in [4.78, 5) is 12.3. The molecule has 0 radical (unpaired) electrons. The van der Waals surface area contributed by atoms with Crippen molar-refractivity contribution in [3.05, 3.63) is 29.8 Å². The lowest BCUT2D eigenvalue weighted by Crippen LogP contribution is -1.96. The second-order valence-electron chi connectivity index (χ2n) is 3.13. The summed E-state index contributed by atoms with van der Waals surface area (Å²) in [5.41, 5.74) is 0.774. The molecule has 3 heteroatoms. The third kappa shape index (κ3) is 4.49. The highest BCUT2D eigenvalue weighted by Crippen LogP contribution is 2.19. The van der Waals surface area contributed by atoms with Crippen LogP contribution in [-0.4, -0.2) is 24.7 Å². The van der Waals surface area contributed by atoms with E-state index < -0.39 is 0 Å². The van der Waals surface area contributed by atoms with E-state index in [2.05, 4.69) is 0 Å². The van der Waals surface area contributed by atoms with Crippen LogP contribution in [0.3, 0.4) is 0 Å². The average molecular weight is 224 g/mol. The van der Waals surface area contributed by atoms with Gasteiger partial charge in [-0.05, 0) is 26.0 Å². The number of ether oxygens (including phenoxy) is 1. The molecule has 0 fully saturated rings. The maximum absolute atomic E-state index is 11.1. The van der Waals surface area contributed by atoms with E-state index in [-0.39, 0.29) is 5.78 Å². The summed E-state index contributed by atoms with van der Waals surface area (Å²) in [7, 11) is 0. The second-order valence-corrected chi connectivity index (χ2v) is 4.30. The number of hydrogen-bond acceptors (Lipinski definition) is 3. The second kappa shape index (κ2) is 6.64. The van der Waals surface area contributed by atoms with Gasteiger partial charge in [0.1, 0.15) is 0 Å². The van der Waals surface area contributed by atoms with Crippen molar-refractivity contribution in [1.29, 1.82) is 0 Å². The van der Waals surface area contributed by atoms with Crippen LogP contribution in [0.5, 0.6) is 0 Å². The van der Waals surface area contributed by atoms with E-state index in [1.165, 1.54) is 0 Å². The van der Waals surface area contributed by atoms with Crippen LogP contribution in [0.4, 0.5) is 0 Å². The first-order chi connectivity index (χ1) is 7.24. The zero-order valence-electron chi connectivity index (χ0n) is 9.16. The average Bonchev–Trinajstić information content (AvgIpc) is 2.25. The zero-order valence-corrected chi connectivity index (χ0v) is 9.97. The summed E-state index contributed by atoms with van der Waals surface area (Å²) in [6, 6.07) is 7.71. The highest BCUT2D eigenvalue weighted by atomic mass is 32.2. The van der Waals surface area contributed by atoms with E-state index in [1.807, 2.05) is 31.2 Å². The molecule has 0 amide bonds. The minimum atomic E-state index is 0.113. The lowest BCUT2D eigenvalue weighted by molar-refractivity contribution is 0.101. The molecule has 0 saturated heterocycles. The maximum atomic E-state index is 11.1. The Labute approximate surface area is 95.0 Å². The van der Waals surface area contributed by atoms with E-state index >= 15 is 0 Å². The molecule has 0 heterocycles. The van der Waals surface area contributed by atoms with Crippen molar-refractivity contribution in [3.63, 3.8) is 0 Å². The Hall–Kier alpha value is -0.800. The molecule has 0 spiro atoms. The summed E-state index contributed by atoms with van der Waals surface area (Å²) in [5.74, 6) is 1.04. The van der Waals surface area contributed by atoms with E-state index in [0.29, 0.717) is 0 Å². The van der Waals surface area contributed by atoms with E-state index in [0.717, 1.165) is 29.4 Å². The number of carbonyl (C=O) groups excluding carboxylic acids is 1. The number of thioether (sulfide) groups is 1. The lowest BCUT2D eigenvalue weighted by atomic mass is 10.2. The van der Waals surface area contributed by atoms with Crippen LogP contribution in [0.25, 0.3) is 0 Å². The fraction of sp³-hybridized carbons (Fsp3) is 0.417. The van der Waals surface area contributed by atoms with Gasteiger partial charge in [-0.15, -0.1) is 11.8 Å². The smallest absolute Gasteiger partial charge is 0.159 e. The summed E-state index contributed by atoms with van der Waals surface area (Å²) < 4.78 is 5.25. The van der Waals surface area contributed by atoms with Crippen LogP contribution in [-0.2, 0) is 4.74 Å². The maximum Gasteiger partial charge on any atom is 0.159 e. The van der Waals surface area contributed by atoms with E-state index in [4.69, 9.17) is 4.74 Å². The molecule has 0 aliphatic heterocycles. The Bertz CT molecular complexity index is 323. The predicted octanol–water partition coefficient (Wildman–Crippen LogP) is 3.02. The number of ketones is 1. The van der Waals surface area contributed by atoms with Crippen LogP contribution >= 0.6 is 11.8 Å². The van der Waals surface area contributed by atoms with Crippen molar-refractivity contribution in [2.45, 2.75) is 18.7 Å². The Morgan fingerprint density at radius 2 is 2.27 bits per heavy atom. The molecule has 1 rings (SSSR count). The number of hydrogen-bond donors (Lipinski definition) is 0. The van der Waals surface area contributed by atoms with Crippen LogP contribution in [0, 0.1) is 0 Å². The molecule has 0 bridgehead atoms. The number of benzene rings is 1. The Morgan fingerprint density at radius 1 is 1.47 bits per heavy atom.